The Bertz CT molecular complexity index is 823. The summed E-state index contributed by atoms with van der Waals surface area (Å²) >= 11 is 5.86. The van der Waals surface area contributed by atoms with Gasteiger partial charge in [-0.25, -0.2) is 0 Å². The molecule has 0 aliphatic carbocycles. The Labute approximate surface area is 159 Å². The minimum absolute atomic E-state index is 0.0942. The molecule has 0 unspecified atom stereocenters. The van der Waals surface area contributed by atoms with Crippen molar-refractivity contribution in [2.75, 3.05) is 5.32 Å². The average molecular weight is 399 g/mol. The molecule has 0 spiro atoms. The molecule has 0 saturated carbocycles. The summed E-state index contributed by atoms with van der Waals surface area (Å²) in [6.07, 6.45) is -4.59. The van der Waals surface area contributed by atoms with Crippen LogP contribution in [0.1, 0.15) is 25.0 Å². The number of nitrogens with one attached hydrogen (secondary N) is 1. The van der Waals surface area contributed by atoms with Crippen molar-refractivity contribution in [3.63, 3.8) is 0 Å². The molecule has 0 heterocycles. The second-order valence-corrected chi connectivity index (χ2v) is 6.57. The van der Waals surface area contributed by atoms with Crippen LogP contribution >= 0.6 is 11.6 Å². The molecule has 8 heteroatoms. The van der Waals surface area contributed by atoms with Crippen molar-refractivity contribution in [1.82, 2.24) is 4.90 Å². The number of hydrogen-bond acceptors (Lipinski definition) is 2. The molecule has 0 aliphatic heterocycles. The Morgan fingerprint density at radius 3 is 2.30 bits per heavy atom. The third-order valence-electron chi connectivity index (χ3n) is 3.82. The summed E-state index contributed by atoms with van der Waals surface area (Å²) < 4.78 is 38.5. The smallest absolute Gasteiger partial charge is 0.328 e. The number of amides is 2. The number of alkyl halides is 3. The van der Waals surface area contributed by atoms with Gasteiger partial charge in [-0.15, -0.1) is 0 Å². The number of carbonyl (C=O) groups excluding carboxylic acids is 2. The molecule has 2 rings (SSSR count). The third kappa shape index (κ3) is 5.47. The zero-order chi connectivity index (χ0) is 20.2. The first kappa shape index (κ1) is 20.8. The summed E-state index contributed by atoms with van der Waals surface area (Å²) in [5, 5.41) is 2.09. The topological polar surface area (TPSA) is 49.4 Å². The van der Waals surface area contributed by atoms with Crippen LogP contribution in [0.4, 0.5) is 18.9 Å². The lowest BCUT2D eigenvalue weighted by molar-refractivity contribution is -0.144. The number of carbonyl (C=O) groups is 2. The van der Waals surface area contributed by atoms with Gasteiger partial charge in [0.05, 0.1) is 16.3 Å². The van der Waals surface area contributed by atoms with Crippen molar-refractivity contribution in [1.29, 1.82) is 0 Å². The van der Waals surface area contributed by atoms with Crippen LogP contribution in [0.5, 0.6) is 0 Å². The van der Waals surface area contributed by atoms with Crippen LogP contribution in [0, 0.1) is 0 Å². The Balaban J connectivity index is 2.19. The monoisotopic (exact) mass is 398 g/mol. The van der Waals surface area contributed by atoms with Gasteiger partial charge in [0, 0.05) is 12.6 Å². The van der Waals surface area contributed by atoms with E-state index in [4.69, 9.17) is 11.6 Å². The number of rotatable bonds is 4. The van der Waals surface area contributed by atoms with E-state index in [2.05, 4.69) is 5.32 Å². The van der Waals surface area contributed by atoms with Crippen LogP contribution in [0.15, 0.2) is 48.5 Å². The molecule has 0 radical (unpaired) electrons. The summed E-state index contributed by atoms with van der Waals surface area (Å²) in [5.74, 6) is -1.91. The Hall–Kier alpha value is -2.54. The van der Waals surface area contributed by atoms with E-state index in [0.29, 0.717) is 6.07 Å². The predicted molar refractivity (Wildman–Crippen MR) is 97.2 cm³/mol. The molecule has 4 nitrogen and oxygen atoms in total. The zero-order valence-electron chi connectivity index (χ0n) is 14.7. The number of nitrogens with zero attached hydrogens (tertiary/aromatic N) is 1. The van der Waals surface area contributed by atoms with Crippen molar-refractivity contribution in [2.45, 2.75) is 32.6 Å². The van der Waals surface area contributed by atoms with Gasteiger partial charge in [0.1, 0.15) is 0 Å². The number of hydrogen-bond donors (Lipinski definition) is 1. The minimum Gasteiger partial charge on any atom is -0.328 e. The minimum atomic E-state index is -4.59. The van der Waals surface area contributed by atoms with E-state index in [1.807, 2.05) is 18.2 Å². The summed E-state index contributed by atoms with van der Waals surface area (Å²) in [6.45, 7) is 3.68. The van der Waals surface area contributed by atoms with Gasteiger partial charge in [-0.2, -0.15) is 13.2 Å². The Kier molecular flexibility index (Phi) is 6.49. The van der Waals surface area contributed by atoms with Crippen LogP contribution in [-0.4, -0.2) is 22.8 Å². The van der Waals surface area contributed by atoms with Gasteiger partial charge < -0.3 is 10.2 Å². The van der Waals surface area contributed by atoms with Gasteiger partial charge >= 0.3 is 18.0 Å². The zero-order valence-corrected chi connectivity index (χ0v) is 15.4. The predicted octanol–water partition coefficient (Wildman–Crippen LogP) is 4.73. The molecule has 0 saturated heterocycles. The highest BCUT2D eigenvalue weighted by Gasteiger charge is 2.32. The third-order valence-corrected chi connectivity index (χ3v) is 4.15. The van der Waals surface area contributed by atoms with Crippen molar-refractivity contribution in [2.24, 2.45) is 0 Å². The second kappa shape index (κ2) is 8.43. The van der Waals surface area contributed by atoms with Crippen LogP contribution in [0.3, 0.4) is 0 Å². The number of halogens is 4. The lowest BCUT2D eigenvalue weighted by Crippen LogP contribution is -2.43. The molecule has 0 aromatic heterocycles. The molecule has 144 valence electrons. The van der Waals surface area contributed by atoms with Crippen molar-refractivity contribution in [3.05, 3.63) is 64.7 Å². The molecule has 0 bridgehead atoms. The number of anilines is 1. The molecule has 27 heavy (non-hydrogen) atoms. The van der Waals surface area contributed by atoms with E-state index in [9.17, 15) is 22.8 Å². The fraction of sp³-hybridized carbons (Fsp3) is 0.263. The highest BCUT2D eigenvalue weighted by Crippen LogP contribution is 2.33. The fourth-order valence-electron chi connectivity index (χ4n) is 2.37. The summed E-state index contributed by atoms with van der Waals surface area (Å²) in [6, 6.07) is 11.3. The van der Waals surface area contributed by atoms with Gasteiger partial charge in [0.2, 0.25) is 0 Å². The van der Waals surface area contributed by atoms with E-state index >= 15 is 0 Å². The maximum Gasteiger partial charge on any atom is 0.416 e. The van der Waals surface area contributed by atoms with Crippen molar-refractivity contribution in [3.8, 4) is 0 Å². The quantitative estimate of drug-likeness (QED) is 0.756. The standard InChI is InChI=1S/C19H18ClF3N2O2/c1-12(2)25(11-13-6-4-3-5-7-13)18(27)17(26)24-16-10-14(19(21,22)23)8-9-15(16)20/h3-10,12H,11H2,1-2H3,(H,24,26). The lowest BCUT2D eigenvalue weighted by atomic mass is 10.1. The Morgan fingerprint density at radius 2 is 1.74 bits per heavy atom. The molecule has 0 aliphatic rings. The first-order valence-corrected chi connectivity index (χ1v) is 8.50. The van der Waals surface area contributed by atoms with E-state index in [1.165, 1.54) is 4.90 Å². The summed E-state index contributed by atoms with van der Waals surface area (Å²) in [5.41, 5.74) is -0.419. The largest absolute Gasteiger partial charge is 0.416 e. The molecule has 2 amide bonds. The van der Waals surface area contributed by atoms with Crippen LogP contribution in [-0.2, 0) is 22.3 Å². The lowest BCUT2D eigenvalue weighted by Gasteiger charge is -2.26. The van der Waals surface area contributed by atoms with Gasteiger partial charge in [0.25, 0.3) is 0 Å². The second-order valence-electron chi connectivity index (χ2n) is 6.16. The molecule has 2 aromatic rings. The first-order valence-electron chi connectivity index (χ1n) is 8.12. The van der Waals surface area contributed by atoms with Gasteiger partial charge in [-0.3, -0.25) is 9.59 Å². The highest BCUT2D eigenvalue weighted by atomic mass is 35.5. The van der Waals surface area contributed by atoms with Gasteiger partial charge in [-0.05, 0) is 37.6 Å². The summed E-state index contributed by atoms with van der Waals surface area (Å²) in [4.78, 5) is 26.2. The average Bonchev–Trinajstić information content (AvgIpc) is 2.60. The summed E-state index contributed by atoms with van der Waals surface area (Å²) in [7, 11) is 0. The van der Waals surface area contributed by atoms with E-state index in [1.54, 1.807) is 26.0 Å². The Morgan fingerprint density at radius 1 is 1.11 bits per heavy atom. The van der Waals surface area contributed by atoms with E-state index < -0.39 is 23.6 Å². The molecular formula is C19H18ClF3N2O2. The van der Waals surface area contributed by atoms with Crippen molar-refractivity contribution >= 4 is 29.1 Å². The fourth-order valence-corrected chi connectivity index (χ4v) is 2.54. The normalized spacial score (nSPS) is 11.4. The molecule has 2 aromatic carbocycles. The maximum atomic E-state index is 12.8. The van der Waals surface area contributed by atoms with Crippen molar-refractivity contribution < 1.29 is 22.8 Å². The maximum absolute atomic E-state index is 12.8. The number of benzene rings is 2. The van der Waals surface area contributed by atoms with Crippen LogP contribution < -0.4 is 5.32 Å². The van der Waals surface area contributed by atoms with E-state index in [0.717, 1.165) is 17.7 Å². The van der Waals surface area contributed by atoms with E-state index in [-0.39, 0.29) is 23.3 Å². The highest BCUT2D eigenvalue weighted by molar-refractivity contribution is 6.41. The first-order chi connectivity index (χ1) is 12.6. The molecular weight excluding hydrogens is 381 g/mol. The molecule has 0 fully saturated rings. The molecule has 1 N–H and O–H groups in total. The van der Waals surface area contributed by atoms with Crippen LogP contribution in [0.2, 0.25) is 5.02 Å². The van der Waals surface area contributed by atoms with Crippen LogP contribution in [0.25, 0.3) is 0 Å². The SMILES string of the molecule is CC(C)N(Cc1ccccc1)C(=O)C(=O)Nc1cc(C(F)(F)F)ccc1Cl. The molecule has 0 atom stereocenters. The van der Waals surface area contributed by atoms with Gasteiger partial charge in [-0.1, -0.05) is 41.9 Å². The van der Waals surface area contributed by atoms with Gasteiger partial charge in [0.15, 0.2) is 0 Å².